The lowest BCUT2D eigenvalue weighted by molar-refractivity contribution is 0.0827. The summed E-state index contributed by atoms with van der Waals surface area (Å²) in [7, 11) is 7.34. The summed E-state index contributed by atoms with van der Waals surface area (Å²) in [5, 5.41) is 6.57. The van der Waals surface area contributed by atoms with Crippen LogP contribution in [0.1, 0.15) is 34.0 Å². The molecular formula is C24H35FIN5O. The molecule has 0 unspecified atom stereocenters. The zero-order valence-corrected chi connectivity index (χ0v) is 21.9. The number of hydrogen-bond acceptors (Lipinski definition) is 3. The standard InChI is InChI=1S/C24H34FN5O.HI/c1-6-26-24(28-16-19-10-11-22(25)21(15-19)17-29(2)3)27-13-12-18-8-7-9-20(14-18)23(31)30(4)5;/h7-11,14-15H,6,12-13,16-17H2,1-5H3,(H2,26,27,28);1H. The van der Waals surface area contributed by atoms with Crippen molar-refractivity contribution in [3.05, 3.63) is 70.5 Å². The van der Waals surface area contributed by atoms with Gasteiger partial charge in [-0.2, -0.15) is 0 Å². The first-order valence-corrected chi connectivity index (χ1v) is 10.5. The van der Waals surface area contributed by atoms with Crippen molar-refractivity contribution < 1.29 is 9.18 Å². The van der Waals surface area contributed by atoms with Crippen LogP contribution in [0.4, 0.5) is 4.39 Å². The molecule has 2 aromatic rings. The Morgan fingerprint density at radius 3 is 2.44 bits per heavy atom. The lowest BCUT2D eigenvalue weighted by Gasteiger charge is -2.14. The quantitative estimate of drug-likeness (QED) is 0.283. The predicted octanol–water partition coefficient (Wildman–Crippen LogP) is 3.50. The van der Waals surface area contributed by atoms with E-state index < -0.39 is 0 Å². The molecule has 0 aromatic heterocycles. The molecule has 2 N–H and O–H groups in total. The van der Waals surface area contributed by atoms with Gasteiger partial charge in [-0.3, -0.25) is 4.79 Å². The molecule has 0 saturated carbocycles. The zero-order chi connectivity index (χ0) is 22.8. The maximum atomic E-state index is 14.0. The molecule has 0 fully saturated rings. The average molecular weight is 555 g/mol. The number of halogens is 2. The Kier molecular flexibility index (Phi) is 12.2. The van der Waals surface area contributed by atoms with Gasteiger partial charge in [-0.25, -0.2) is 9.38 Å². The van der Waals surface area contributed by atoms with E-state index in [1.165, 1.54) is 6.07 Å². The average Bonchev–Trinajstić information content (AvgIpc) is 2.73. The molecule has 2 aromatic carbocycles. The van der Waals surface area contributed by atoms with Gasteiger partial charge in [0.1, 0.15) is 5.82 Å². The van der Waals surface area contributed by atoms with Crippen LogP contribution >= 0.6 is 24.0 Å². The first-order valence-electron chi connectivity index (χ1n) is 10.5. The third-order valence-corrected chi connectivity index (χ3v) is 4.65. The van der Waals surface area contributed by atoms with Crippen molar-refractivity contribution in [2.45, 2.75) is 26.4 Å². The van der Waals surface area contributed by atoms with Gasteiger partial charge in [-0.1, -0.05) is 18.2 Å². The van der Waals surface area contributed by atoms with Gasteiger partial charge in [0, 0.05) is 44.9 Å². The molecule has 176 valence electrons. The second-order valence-electron chi connectivity index (χ2n) is 7.94. The molecule has 2 rings (SSSR count). The molecule has 0 aliphatic carbocycles. The van der Waals surface area contributed by atoms with Gasteiger partial charge in [0.25, 0.3) is 5.91 Å². The summed E-state index contributed by atoms with van der Waals surface area (Å²) < 4.78 is 14.0. The summed E-state index contributed by atoms with van der Waals surface area (Å²) in [6, 6.07) is 12.8. The van der Waals surface area contributed by atoms with Gasteiger partial charge < -0.3 is 20.4 Å². The largest absolute Gasteiger partial charge is 0.357 e. The number of benzene rings is 2. The summed E-state index contributed by atoms with van der Waals surface area (Å²) in [5.41, 5.74) is 3.41. The highest BCUT2D eigenvalue weighted by molar-refractivity contribution is 14.0. The summed E-state index contributed by atoms with van der Waals surface area (Å²) in [6.07, 6.45) is 0.766. The van der Waals surface area contributed by atoms with E-state index in [4.69, 9.17) is 0 Å². The summed E-state index contributed by atoms with van der Waals surface area (Å²) >= 11 is 0. The summed E-state index contributed by atoms with van der Waals surface area (Å²) in [6.45, 7) is 4.45. The van der Waals surface area contributed by atoms with Crippen molar-refractivity contribution >= 4 is 35.8 Å². The lowest BCUT2D eigenvalue weighted by atomic mass is 10.1. The Labute approximate surface area is 208 Å². The van der Waals surface area contributed by atoms with Crippen LogP contribution in [0.3, 0.4) is 0 Å². The Morgan fingerprint density at radius 1 is 1.03 bits per heavy atom. The van der Waals surface area contributed by atoms with E-state index in [1.54, 1.807) is 25.1 Å². The number of amides is 1. The molecule has 0 aliphatic heterocycles. The number of guanidine groups is 1. The monoisotopic (exact) mass is 555 g/mol. The zero-order valence-electron chi connectivity index (χ0n) is 19.6. The van der Waals surface area contributed by atoms with E-state index >= 15 is 0 Å². The van der Waals surface area contributed by atoms with Crippen molar-refractivity contribution in [3.8, 4) is 0 Å². The number of hydrogen-bond donors (Lipinski definition) is 2. The van der Waals surface area contributed by atoms with Crippen LogP contribution in [0.25, 0.3) is 0 Å². The van der Waals surface area contributed by atoms with E-state index in [2.05, 4.69) is 15.6 Å². The van der Waals surface area contributed by atoms with Crippen LogP contribution in [0.5, 0.6) is 0 Å². The first kappa shape index (κ1) is 27.8. The fraction of sp³-hybridized carbons (Fsp3) is 0.417. The molecule has 0 bridgehead atoms. The Balaban J connectivity index is 0.00000512. The summed E-state index contributed by atoms with van der Waals surface area (Å²) in [4.78, 5) is 20.3. The van der Waals surface area contributed by atoms with Crippen LogP contribution in [0, 0.1) is 5.82 Å². The molecule has 0 spiro atoms. The topological polar surface area (TPSA) is 60.0 Å². The smallest absolute Gasteiger partial charge is 0.253 e. The first-order chi connectivity index (χ1) is 14.8. The van der Waals surface area contributed by atoms with Gasteiger partial charge in [-0.15, -0.1) is 24.0 Å². The normalized spacial score (nSPS) is 11.2. The molecule has 8 heteroatoms. The van der Waals surface area contributed by atoms with Crippen LogP contribution in [0.15, 0.2) is 47.5 Å². The van der Waals surface area contributed by atoms with E-state index in [0.29, 0.717) is 36.7 Å². The van der Waals surface area contributed by atoms with Gasteiger partial charge in [-0.05, 0) is 62.8 Å². The number of nitrogens with one attached hydrogen (secondary N) is 2. The van der Waals surface area contributed by atoms with Crippen LogP contribution < -0.4 is 10.6 Å². The van der Waals surface area contributed by atoms with E-state index in [1.807, 2.05) is 56.3 Å². The fourth-order valence-corrected chi connectivity index (χ4v) is 3.14. The molecule has 32 heavy (non-hydrogen) atoms. The SMILES string of the molecule is CCNC(=NCc1ccc(F)c(CN(C)C)c1)NCCc1cccc(C(=O)N(C)C)c1.I. The van der Waals surface area contributed by atoms with Crippen molar-refractivity contribution in [1.29, 1.82) is 0 Å². The number of rotatable bonds is 9. The van der Waals surface area contributed by atoms with Crippen LogP contribution in [-0.4, -0.2) is 62.9 Å². The van der Waals surface area contributed by atoms with E-state index in [9.17, 15) is 9.18 Å². The third kappa shape index (κ3) is 9.12. The molecular weight excluding hydrogens is 520 g/mol. The highest BCUT2D eigenvalue weighted by atomic mass is 127. The molecule has 0 atom stereocenters. The second kappa shape index (κ2) is 14.1. The van der Waals surface area contributed by atoms with Crippen LogP contribution in [-0.2, 0) is 19.5 Å². The fourth-order valence-electron chi connectivity index (χ4n) is 3.14. The third-order valence-electron chi connectivity index (χ3n) is 4.65. The number of aliphatic imine (C=N–C) groups is 1. The van der Waals surface area contributed by atoms with Crippen LogP contribution in [0.2, 0.25) is 0 Å². The molecule has 0 radical (unpaired) electrons. The minimum absolute atomic E-state index is 0. The van der Waals surface area contributed by atoms with E-state index in [-0.39, 0.29) is 35.7 Å². The minimum atomic E-state index is -0.193. The predicted molar refractivity (Wildman–Crippen MR) is 140 cm³/mol. The van der Waals surface area contributed by atoms with Gasteiger partial charge in [0.2, 0.25) is 0 Å². The Hall–Kier alpha value is -2.20. The van der Waals surface area contributed by atoms with E-state index in [0.717, 1.165) is 24.1 Å². The highest BCUT2D eigenvalue weighted by Gasteiger charge is 2.08. The molecule has 0 aliphatic rings. The van der Waals surface area contributed by atoms with Gasteiger partial charge in [0.05, 0.1) is 6.54 Å². The molecule has 1 amide bonds. The van der Waals surface area contributed by atoms with Crippen molar-refractivity contribution in [2.75, 3.05) is 41.3 Å². The molecule has 6 nitrogen and oxygen atoms in total. The van der Waals surface area contributed by atoms with Crippen molar-refractivity contribution in [1.82, 2.24) is 20.4 Å². The summed E-state index contributed by atoms with van der Waals surface area (Å²) in [5.74, 6) is 0.514. The maximum Gasteiger partial charge on any atom is 0.253 e. The lowest BCUT2D eigenvalue weighted by Crippen LogP contribution is -2.38. The maximum absolute atomic E-state index is 14.0. The Morgan fingerprint density at radius 2 is 1.78 bits per heavy atom. The van der Waals surface area contributed by atoms with Crippen molar-refractivity contribution in [2.24, 2.45) is 4.99 Å². The number of carbonyl (C=O) groups excluding carboxylic acids is 1. The van der Waals surface area contributed by atoms with Crippen molar-refractivity contribution in [3.63, 3.8) is 0 Å². The Bertz CT molecular complexity index is 902. The number of carbonyl (C=O) groups is 1. The minimum Gasteiger partial charge on any atom is -0.357 e. The second-order valence-corrected chi connectivity index (χ2v) is 7.94. The van der Waals surface area contributed by atoms with Gasteiger partial charge in [0.15, 0.2) is 5.96 Å². The number of nitrogens with zero attached hydrogens (tertiary/aromatic N) is 3. The molecule has 0 saturated heterocycles. The van der Waals surface area contributed by atoms with Gasteiger partial charge >= 0.3 is 0 Å². The highest BCUT2D eigenvalue weighted by Crippen LogP contribution is 2.13. The molecule has 0 heterocycles.